The SMILES string of the molecule is Cc1ccc(C(=O)N2CCC[C@@H](CCC(=O)O)C2)cc1C. The standard InChI is InChI=1S/C17H23NO3/c1-12-5-7-15(10-13(12)2)17(21)18-9-3-4-14(11-18)6-8-16(19)20/h5,7,10,14H,3-4,6,8-9,11H2,1-2H3,(H,19,20)/t14-/m0/s1. The maximum atomic E-state index is 12.6. The van der Waals surface area contributed by atoms with E-state index >= 15 is 0 Å². The van der Waals surface area contributed by atoms with Crippen LogP contribution in [0.15, 0.2) is 18.2 Å². The Balaban J connectivity index is 2.01. The van der Waals surface area contributed by atoms with E-state index < -0.39 is 5.97 Å². The zero-order valence-electron chi connectivity index (χ0n) is 12.8. The Morgan fingerprint density at radius 2 is 2.05 bits per heavy atom. The first-order valence-electron chi connectivity index (χ1n) is 7.55. The van der Waals surface area contributed by atoms with Gasteiger partial charge in [0.25, 0.3) is 5.91 Å². The lowest BCUT2D eigenvalue weighted by Gasteiger charge is -2.32. The van der Waals surface area contributed by atoms with E-state index in [1.165, 1.54) is 5.56 Å². The molecule has 0 unspecified atom stereocenters. The molecule has 1 amide bonds. The quantitative estimate of drug-likeness (QED) is 0.927. The number of carboxylic acid groups (broad SMARTS) is 1. The molecule has 4 heteroatoms. The molecule has 2 rings (SSSR count). The molecular formula is C17H23NO3. The predicted octanol–water partition coefficient (Wildman–Crippen LogP) is 3.02. The van der Waals surface area contributed by atoms with Crippen molar-refractivity contribution in [2.75, 3.05) is 13.1 Å². The zero-order valence-corrected chi connectivity index (χ0v) is 12.8. The fourth-order valence-corrected chi connectivity index (χ4v) is 2.87. The van der Waals surface area contributed by atoms with Gasteiger partial charge >= 0.3 is 5.97 Å². The van der Waals surface area contributed by atoms with E-state index in [0.717, 1.165) is 30.5 Å². The molecule has 1 heterocycles. The molecule has 0 bridgehead atoms. The molecule has 4 nitrogen and oxygen atoms in total. The van der Waals surface area contributed by atoms with E-state index in [-0.39, 0.29) is 12.3 Å². The van der Waals surface area contributed by atoms with Crippen LogP contribution in [-0.2, 0) is 4.79 Å². The number of benzene rings is 1. The van der Waals surface area contributed by atoms with Gasteiger partial charge in [-0.2, -0.15) is 0 Å². The molecule has 1 fully saturated rings. The molecule has 1 aliphatic heterocycles. The van der Waals surface area contributed by atoms with Gasteiger partial charge in [-0.05, 0) is 62.3 Å². The van der Waals surface area contributed by atoms with Crippen LogP contribution in [0.4, 0.5) is 0 Å². The van der Waals surface area contributed by atoms with Crippen molar-refractivity contribution in [3.63, 3.8) is 0 Å². The van der Waals surface area contributed by atoms with Gasteiger partial charge in [-0.3, -0.25) is 9.59 Å². The Bertz CT molecular complexity index is 539. The van der Waals surface area contributed by atoms with Crippen LogP contribution in [0.2, 0.25) is 0 Å². The first-order chi connectivity index (χ1) is 9.97. The Kier molecular flexibility index (Phi) is 4.99. The van der Waals surface area contributed by atoms with Gasteiger partial charge in [0.1, 0.15) is 0 Å². The van der Waals surface area contributed by atoms with Crippen molar-refractivity contribution < 1.29 is 14.7 Å². The lowest BCUT2D eigenvalue weighted by Crippen LogP contribution is -2.40. The summed E-state index contributed by atoms with van der Waals surface area (Å²) in [6, 6.07) is 5.80. The highest BCUT2D eigenvalue weighted by atomic mass is 16.4. The van der Waals surface area contributed by atoms with Crippen LogP contribution in [0, 0.1) is 19.8 Å². The summed E-state index contributed by atoms with van der Waals surface area (Å²) in [6.45, 7) is 5.50. The summed E-state index contributed by atoms with van der Waals surface area (Å²) in [7, 11) is 0. The topological polar surface area (TPSA) is 57.6 Å². The van der Waals surface area contributed by atoms with Gasteiger partial charge in [0.05, 0.1) is 0 Å². The highest BCUT2D eigenvalue weighted by molar-refractivity contribution is 5.94. The number of hydrogen-bond donors (Lipinski definition) is 1. The van der Waals surface area contributed by atoms with Crippen molar-refractivity contribution in [3.8, 4) is 0 Å². The third kappa shape index (κ3) is 4.06. The van der Waals surface area contributed by atoms with E-state index in [1.807, 2.05) is 36.9 Å². The summed E-state index contributed by atoms with van der Waals surface area (Å²) in [4.78, 5) is 25.1. The smallest absolute Gasteiger partial charge is 0.303 e. The third-order valence-corrected chi connectivity index (χ3v) is 4.33. The molecule has 1 N–H and O–H groups in total. The van der Waals surface area contributed by atoms with E-state index in [1.54, 1.807) is 0 Å². The van der Waals surface area contributed by atoms with Crippen LogP contribution in [0.3, 0.4) is 0 Å². The highest BCUT2D eigenvalue weighted by Gasteiger charge is 2.24. The highest BCUT2D eigenvalue weighted by Crippen LogP contribution is 2.23. The summed E-state index contributed by atoms with van der Waals surface area (Å²) < 4.78 is 0. The summed E-state index contributed by atoms with van der Waals surface area (Å²) in [5, 5.41) is 8.77. The van der Waals surface area contributed by atoms with Gasteiger partial charge in [0, 0.05) is 25.1 Å². The van der Waals surface area contributed by atoms with Crippen molar-refractivity contribution in [1.29, 1.82) is 0 Å². The van der Waals surface area contributed by atoms with Gasteiger partial charge in [0.15, 0.2) is 0 Å². The minimum Gasteiger partial charge on any atom is -0.481 e. The summed E-state index contributed by atoms with van der Waals surface area (Å²) in [5.41, 5.74) is 3.04. The molecule has 0 aliphatic carbocycles. The van der Waals surface area contributed by atoms with E-state index in [9.17, 15) is 9.59 Å². The zero-order chi connectivity index (χ0) is 15.4. The molecule has 1 aliphatic rings. The number of likely N-dealkylation sites (tertiary alicyclic amines) is 1. The van der Waals surface area contributed by atoms with Gasteiger partial charge in [0.2, 0.25) is 0 Å². The second-order valence-corrected chi connectivity index (χ2v) is 5.99. The van der Waals surface area contributed by atoms with E-state index in [2.05, 4.69) is 0 Å². The molecule has 0 radical (unpaired) electrons. The monoisotopic (exact) mass is 289 g/mol. The number of hydrogen-bond acceptors (Lipinski definition) is 2. The van der Waals surface area contributed by atoms with E-state index in [0.29, 0.717) is 18.9 Å². The number of aliphatic carboxylic acids is 1. The fraction of sp³-hybridized carbons (Fsp3) is 0.529. The first-order valence-corrected chi connectivity index (χ1v) is 7.55. The van der Waals surface area contributed by atoms with Crippen molar-refractivity contribution >= 4 is 11.9 Å². The number of aryl methyl sites for hydroxylation is 2. The molecule has 0 saturated carbocycles. The van der Waals surface area contributed by atoms with Gasteiger partial charge in [-0.25, -0.2) is 0 Å². The lowest BCUT2D eigenvalue weighted by atomic mass is 9.93. The Morgan fingerprint density at radius 3 is 2.71 bits per heavy atom. The lowest BCUT2D eigenvalue weighted by molar-refractivity contribution is -0.137. The number of carbonyl (C=O) groups excluding carboxylic acids is 1. The van der Waals surface area contributed by atoms with Crippen molar-refractivity contribution in [1.82, 2.24) is 4.90 Å². The molecule has 0 spiro atoms. The maximum absolute atomic E-state index is 12.6. The minimum atomic E-state index is -0.757. The first kappa shape index (κ1) is 15.5. The molecular weight excluding hydrogens is 266 g/mol. The molecule has 1 saturated heterocycles. The average Bonchev–Trinajstić information content (AvgIpc) is 2.47. The fourth-order valence-electron chi connectivity index (χ4n) is 2.87. The second kappa shape index (κ2) is 6.74. The number of rotatable bonds is 4. The number of nitrogens with zero attached hydrogens (tertiary/aromatic N) is 1. The number of carbonyl (C=O) groups is 2. The van der Waals surface area contributed by atoms with Gasteiger partial charge in [-0.1, -0.05) is 6.07 Å². The minimum absolute atomic E-state index is 0.0677. The third-order valence-electron chi connectivity index (χ3n) is 4.33. The van der Waals surface area contributed by atoms with Crippen LogP contribution in [0.1, 0.15) is 47.2 Å². The van der Waals surface area contributed by atoms with Crippen molar-refractivity contribution in [2.45, 2.75) is 39.5 Å². The van der Waals surface area contributed by atoms with Crippen LogP contribution in [0.5, 0.6) is 0 Å². The van der Waals surface area contributed by atoms with Crippen molar-refractivity contribution in [2.24, 2.45) is 5.92 Å². The van der Waals surface area contributed by atoms with Crippen LogP contribution < -0.4 is 0 Å². The Morgan fingerprint density at radius 1 is 1.29 bits per heavy atom. The summed E-state index contributed by atoms with van der Waals surface area (Å²) in [6.07, 6.45) is 2.83. The normalized spacial score (nSPS) is 18.6. The molecule has 1 aromatic carbocycles. The molecule has 0 aromatic heterocycles. The van der Waals surface area contributed by atoms with Crippen LogP contribution >= 0.6 is 0 Å². The number of piperidine rings is 1. The number of amides is 1. The van der Waals surface area contributed by atoms with Crippen LogP contribution in [-0.4, -0.2) is 35.0 Å². The van der Waals surface area contributed by atoms with E-state index in [4.69, 9.17) is 5.11 Å². The summed E-state index contributed by atoms with van der Waals surface area (Å²) in [5.74, 6) is -0.379. The van der Waals surface area contributed by atoms with Crippen LogP contribution in [0.25, 0.3) is 0 Å². The summed E-state index contributed by atoms with van der Waals surface area (Å²) >= 11 is 0. The molecule has 21 heavy (non-hydrogen) atoms. The molecule has 1 aromatic rings. The Labute approximate surface area is 125 Å². The largest absolute Gasteiger partial charge is 0.481 e. The average molecular weight is 289 g/mol. The second-order valence-electron chi connectivity index (χ2n) is 5.99. The van der Waals surface area contributed by atoms with Crippen molar-refractivity contribution in [3.05, 3.63) is 34.9 Å². The van der Waals surface area contributed by atoms with Gasteiger partial charge < -0.3 is 10.0 Å². The van der Waals surface area contributed by atoms with Gasteiger partial charge in [-0.15, -0.1) is 0 Å². The molecule has 114 valence electrons. The predicted molar refractivity (Wildman–Crippen MR) is 81.4 cm³/mol. The molecule has 1 atom stereocenters. The Hall–Kier alpha value is -1.84. The number of carboxylic acids is 1. The maximum Gasteiger partial charge on any atom is 0.303 e.